The number of amides is 1. The Morgan fingerprint density at radius 2 is 1.86 bits per heavy atom. The Kier molecular flexibility index (Phi) is 5.32. The number of fused-ring (bicyclic) bond motifs is 1. The number of hydrogen-bond acceptors (Lipinski definition) is 4. The molecule has 4 rings (SSSR count). The van der Waals surface area contributed by atoms with E-state index in [-0.39, 0.29) is 17.3 Å². The normalized spacial score (nSPS) is 15.6. The molecule has 0 radical (unpaired) electrons. The van der Waals surface area contributed by atoms with Gasteiger partial charge < -0.3 is 5.32 Å². The molecule has 152 valence electrons. The quantitative estimate of drug-likeness (QED) is 0.718. The fraction of sp³-hybridized carbons (Fsp3) is 0.409. The SMILES string of the molecule is CC(C)(CNC(=O)c1cc2nccc(-c3ccc(F)cc3)n2n1)N1CCCCC1. The molecule has 0 bridgehead atoms. The molecule has 0 spiro atoms. The lowest BCUT2D eigenvalue weighted by Crippen LogP contribution is -2.53. The molecule has 0 aliphatic carbocycles. The molecule has 7 heteroatoms. The highest BCUT2D eigenvalue weighted by Gasteiger charge is 2.28. The number of carbonyl (C=O) groups excluding carboxylic acids is 1. The van der Waals surface area contributed by atoms with Crippen LogP contribution in [-0.4, -0.2) is 50.6 Å². The van der Waals surface area contributed by atoms with Gasteiger partial charge in [-0.3, -0.25) is 9.69 Å². The van der Waals surface area contributed by atoms with E-state index >= 15 is 0 Å². The maximum atomic E-state index is 13.3. The summed E-state index contributed by atoms with van der Waals surface area (Å²) in [6.07, 6.45) is 5.36. The van der Waals surface area contributed by atoms with Crippen molar-refractivity contribution >= 4 is 11.6 Å². The molecule has 0 atom stereocenters. The molecular formula is C22H26FN5O. The molecule has 1 aliphatic heterocycles. The first-order chi connectivity index (χ1) is 13.9. The third-order valence-corrected chi connectivity index (χ3v) is 5.62. The number of benzene rings is 1. The largest absolute Gasteiger partial charge is 0.349 e. The molecule has 1 fully saturated rings. The highest BCUT2D eigenvalue weighted by atomic mass is 19.1. The number of nitrogens with one attached hydrogen (secondary N) is 1. The second kappa shape index (κ2) is 7.91. The minimum Gasteiger partial charge on any atom is -0.349 e. The van der Waals surface area contributed by atoms with Crippen LogP contribution in [0.4, 0.5) is 4.39 Å². The van der Waals surface area contributed by atoms with Crippen molar-refractivity contribution in [2.45, 2.75) is 38.6 Å². The molecule has 1 saturated heterocycles. The average Bonchev–Trinajstić information content (AvgIpc) is 3.18. The van der Waals surface area contributed by atoms with Crippen molar-refractivity contribution in [1.29, 1.82) is 0 Å². The summed E-state index contributed by atoms with van der Waals surface area (Å²) in [5, 5.41) is 7.49. The average molecular weight is 395 g/mol. The van der Waals surface area contributed by atoms with Gasteiger partial charge in [-0.05, 0) is 70.1 Å². The molecule has 1 N–H and O–H groups in total. The summed E-state index contributed by atoms with van der Waals surface area (Å²) in [6, 6.07) is 9.66. The summed E-state index contributed by atoms with van der Waals surface area (Å²) < 4.78 is 14.9. The number of nitrogens with zero attached hydrogens (tertiary/aromatic N) is 4. The molecule has 3 heterocycles. The van der Waals surface area contributed by atoms with Crippen molar-refractivity contribution in [3.8, 4) is 11.3 Å². The van der Waals surface area contributed by atoms with E-state index in [1.165, 1.54) is 31.4 Å². The Morgan fingerprint density at radius 1 is 1.14 bits per heavy atom. The van der Waals surface area contributed by atoms with Crippen molar-refractivity contribution in [2.75, 3.05) is 19.6 Å². The van der Waals surface area contributed by atoms with Crippen molar-refractivity contribution in [3.63, 3.8) is 0 Å². The van der Waals surface area contributed by atoms with Crippen molar-refractivity contribution in [1.82, 2.24) is 24.8 Å². The van der Waals surface area contributed by atoms with Gasteiger partial charge in [0.1, 0.15) is 5.82 Å². The standard InChI is InChI=1S/C22H26FN5O/c1-22(2,27-12-4-3-5-13-27)15-25-21(29)18-14-20-24-11-10-19(28(20)26-18)16-6-8-17(23)9-7-16/h6-11,14H,3-5,12-13,15H2,1-2H3,(H,25,29). The first-order valence-corrected chi connectivity index (χ1v) is 10.1. The van der Waals surface area contributed by atoms with Crippen LogP contribution in [0.2, 0.25) is 0 Å². The zero-order valence-corrected chi connectivity index (χ0v) is 16.9. The van der Waals surface area contributed by atoms with Crippen molar-refractivity contribution < 1.29 is 9.18 Å². The Hall–Kier alpha value is -2.80. The van der Waals surface area contributed by atoms with Crippen LogP contribution in [0, 0.1) is 5.82 Å². The molecule has 1 aliphatic rings. The first kappa shape index (κ1) is 19.5. The molecule has 0 saturated carbocycles. The van der Waals surface area contributed by atoms with Crippen LogP contribution in [0.3, 0.4) is 0 Å². The second-order valence-electron chi connectivity index (χ2n) is 8.18. The van der Waals surface area contributed by atoms with Gasteiger partial charge in [-0.25, -0.2) is 13.9 Å². The number of likely N-dealkylation sites (tertiary alicyclic amines) is 1. The van der Waals surface area contributed by atoms with Gasteiger partial charge in [0.2, 0.25) is 0 Å². The van der Waals surface area contributed by atoms with Crippen LogP contribution >= 0.6 is 0 Å². The predicted molar refractivity (Wildman–Crippen MR) is 110 cm³/mol. The Balaban J connectivity index is 1.52. The van der Waals surface area contributed by atoms with Gasteiger partial charge in [-0.2, -0.15) is 5.10 Å². The maximum Gasteiger partial charge on any atom is 0.271 e. The van der Waals surface area contributed by atoms with Crippen molar-refractivity contribution in [2.24, 2.45) is 0 Å². The minimum absolute atomic E-state index is 0.104. The zero-order valence-electron chi connectivity index (χ0n) is 16.9. The monoisotopic (exact) mass is 395 g/mol. The minimum atomic E-state index is -0.295. The van der Waals surface area contributed by atoms with Crippen LogP contribution in [0.1, 0.15) is 43.6 Å². The van der Waals surface area contributed by atoms with Gasteiger partial charge in [0, 0.05) is 29.9 Å². The van der Waals surface area contributed by atoms with Gasteiger partial charge in [0.25, 0.3) is 5.91 Å². The van der Waals surface area contributed by atoms with E-state index < -0.39 is 0 Å². The summed E-state index contributed by atoms with van der Waals surface area (Å²) in [4.78, 5) is 19.5. The van der Waals surface area contributed by atoms with E-state index in [9.17, 15) is 9.18 Å². The Morgan fingerprint density at radius 3 is 2.59 bits per heavy atom. The predicted octanol–water partition coefficient (Wildman–Crippen LogP) is 3.53. The lowest BCUT2D eigenvalue weighted by Gasteiger charge is -2.41. The van der Waals surface area contributed by atoms with Crippen LogP contribution < -0.4 is 5.32 Å². The lowest BCUT2D eigenvalue weighted by molar-refractivity contribution is 0.0794. The molecule has 2 aromatic heterocycles. The van der Waals surface area contributed by atoms with Gasteiger partial charge >= 0.3 is 0 Å². The number of carbonyl (C=O) groups is 1. The van der Waals surface area contributed by atoms with E-state index in [4.69, 9.17) is 0 Å². The zero-order chi connectivity index (χ0) is 20.4. The molecule has 1 aromatic carbocycles. The lowest BCUT2D eigenvalue weighted by atomic mass is 9.98. The molecule has 1 amide bonds. The maximum absolute atomic E-state index is 13.3. The molecule has 3 aromatic rings. The van der Waals surface area contributed by atoms with E-state index in [1.807, 2.05) is 0 Å². The van der Waals surface area contributed by atoms with Gasteiger partial charge in [0.15, 0.2) is 11.3 Å². The summed E-state index contributed by atoms with van der Waals surface area (Å²) in [5.41, 5.74) is 2.35. The van der Waals surface area contributed by atoms with E-state index in [0.717, 1.165) is 24.3 Å². The summed E-state index contributed by atoms with van der Waals surface area (Å²) in [6.45, 7) is 7.02. The molecular weight excluding hydrogens is 369 g/mol. The van der Waals surface area contributed by atoms with E-state index in [2.05, 4.69) is 34.1 Å². The summed E-state index contributed by atoms with van der Waals surface area (Å²) in [7, 11) is 0. The molecule has 29 heavy (non-hydrogen) atoms. The fourth-order valence-corrected chi connectivity index (χ4v) is 3.84. The first-order valence-electron chi connectivity index (χ1n) is 10.1. The number of hydrogen-bond donors (Lipinski definition) is 1. The highest BCUT2D eigenvalue weighted by Crippen LogP contribution is 2.22. The second-order valence-corrected chi connectivity index (χ2v) is 8.18. The third-order valence-electron chi connectivity index (χ3n) is 5.62. The third kappa shape index (κ3) is 4.15. The Labute approximate surface area is 169 Å². The number of halogens is 1. The number of piperidine rings is 1. The summed E-state index contributed by atoms with van der Waals surface area (Å²) in [5.74, 6) is -0.512. The summed E-state index contributed by atoms with van der Waals surface area (Å²) >= 11 is 0. The highest BCUT2D eigenvalue weighted by molar-refractivity contribution is 5.93. The smallest absolute Gasteiger partial charge is 0.271 e. The van der Waals surface area contributed by atoms with Crippen LogP contribution in [-0.2, 0) is 0 Å². The fourth-order valence-electron chi connectivity index (χ4n) is 3.84. The topological polar surface area (TPSA) is 62.5 Å². The van der Waals surface area contributed by atoms with Gasteiger partial charge in [-0.15, -0.1) is 0 Å². The van der Waals surface area contributed by atoms with Crippen molar-refractivity contribution in [3.05, 3.63) is 54.1 Å². The van der Waals surface area contributed by atoms with E-state index in [0.29, 0.717) is 17.9 Å². The molecule has 0 unspecified atom stereocenters. The van der Waals surface area contributed by atoms with Gasteiger partial charge in [0.05, 0.1) is 5.69 Å². The Bertz CT molecular complexity index is 1010. The molecule has 6 nitrogen and oxygen atoms in total. The van der Waals surface area contributed by atoms with Crippen LogP contribution in [0.25, 0.3) is 16.9 Å². The van der Waals surface area contributed by atoms with E-state index in [1.54, 1.807) is 35.0 Å². The van der Waals surface area contributed by atoms with Gasteiger partial charge in [-0.1, -0.05) is 6.42 Å². The van der Waals surface area contributed by atoms with Crippen LogP contribution in [0.15, 0.2) is 42.6 Å². The van der Waals surface area contributed by atoms with Crippen LogP contribution in [0.5, 0.6) is 0 Å². The number of rotatable bonds is 5. The number of aromatic nitrogens is 3.